The monoisotopic (exact) mass is 261 g/mol. The highest BCUT2D eigenvalue weighted by Crippen LogP contribution is 2.31. The highest BCUT2D eigenvalue weighted by Gasteiger charge is 2.26. The van der Waals surface area contributed by atoms with E-state index in [-0.39, 0.29) is 5.91 Å². The van der Waals surface area contributed by atoms with Crippen molar-refractivity contribution >= 4 is 5.91 Å². The van der Waals surface area contributed by atoms with Crippen LogP contribution in [-0.4, -0.2) is 27.1 Å². The fourth-order valence-electron chi connectivity index (χ4n) is 3.43. The fraction of sp³-hybridized carbons (Fsp3) is 0.733. The molecular weight excluding hydrogens is 238 g/mol. The van der Waals surface area contributed by atoms with Crippen LogP contribution in [0.25, 0.3) is 0 Å². The van der Waals surface area contributed by atoms with Crippen molar-refractivity contribution in [1.82, 2.24) is 14.7 Å². The quantitative estimate of drug-likeness (QED) is 0.821. The van der Waals surface area contributed by atoms with Crippen LogP contribution in [0.4, 0.5) is 0 Å². The molecule has 1 aliphatic carbocycles. The molecule has 1 fully saturated rings. The van der Waals surface area contributed by atoms with Gasteiger partial charge in [-0.3, -0.25) is 9.48 Å². The van der Waals surface area contributed by atoms with E-state index in [4.69, 9.17) is 0 Å². The zero-order valence-electron chi connectivity index (χ0n) is 11.8. The second-order valence-electron chi connectivity index (χ2n) is 5.77. The first-order valence-corrected chi connectivity index (χ1v) is 7.62. The molecule has 104 valence electrons. The van der Waals surface area contributed by atoms with Gasteiger partial charge in [0.25, 0.3) is 0 Å². The number of carbonyl (C=O) groups is 1. The zero-order chi connectivity index (χ0) is 13.2. The van der Waals surface area contributed by atoms with Crippen molar-refractivity contribution in [2.75, 3.05) is 6.54 Å². The molecule has 0 unspecified atom stereocenters. The molecule has 2 heterocycles. The van der Waals surface area contributed by atoms with Crippen molar-refractivity contribution in [3.63, 3.8) is 0 Å². The maximum Gasteiger partial charge on any atom is 0.222 e. The standard InChI is InChI=1S/C15H23N3O/c1-2-15(19)17-9-8-14-12(11-17)10-16-18(14)13-6-4-3-5-7-13/h10,13H,2-9,11H2,1H3. The number of fused-ring (bicyclic) bond motifs is 1. The molecule has 0 bridgehead atoms. The lowest BCUT2D eigenvalue weighted by molar-refractivity contribution is -0.131. The van der Waals surface area contributed by atoms with Crippen LogP contribution in [0.5, 0.6) is 0 Å². The van der Waals surface area contributed by atoms with Crippen LogP contribution in [0.15, 0.2) is 6.20 Å². The molecule has 1 aromatic heterocycles. The van der Waals surface area contributed by atoms with Crippen LogP contribution in [0.1, 0.15) is 62.7 Å². The van der Waals surface area contributed by atoms with E-state index in [1.807, 2.05) is 18.0 Å². The van der Waals surface area contributed by atoms with Gasteiger partial charge in [-0.1, -0.05) is 26.2 Å². The highest BCUT2D eigenvalue weighted by molar-refractivity contribution is 5.76. The van der Waals surface area contributed by atoms with Gasteiger partial charge >= 0.3 is 0 Å². The maximum absolute atomic E-state index is 11.8. The first kappa shape index (κ1) is 12.7. The van der Waals surface area contributed by atoms with Gasteiger partial charge in [0.15, 0.2) is 0 Å². The number of carbonyl (C=O) groups excluding carboxylic acids is 1. The Kier molecular flexibility index (Phi) is 3.58. The summed E-state index contributed by atoms with van der Waals surface area (Å²) < 4.78 is 2.27. The Labute approximate surface area is 114 Å². The lowest BCUT2D eigenvalue weighted by atomic mass is 9.95. The first-order chi connectivity index (χ1) is 9.29. The van der Waals surface area contributed by atoms with Gasteiger partial charge in [-0.05, 0) is 12.8 Å². The molecule has 0 atom stereocenters. The van der Waals surface area contributed by atoms with Gasteiger partial charge in [0.2, 0.25) is 5.91 Å². The van der Waals surface area contributed by atoms with E-state index in [2.05, 4.69) is 9.78 Å². The van der Waals surface area contributed by atoms with E-state index in [0.29, 0.717) is 12.5 Å². The molecule has 1 saturated carbocycles. The molecule has 1 aromatic rings. The minimum Gasteiger partial charge on any atom is -0.338 e. The molecule has 0 radical (unpaired) electrons. The molecule has 0 N–H and O–H groups in total. The van der Waals surface area contributed by atoms with Gasteiger partial charge in [0.1, 0.15) is 0 Å². The van der Waals surface area contributed by atoms with E-state index < -0.39 is 0 Å². The van der Waals surface area contributed by atoms with E-state index >= 15 is 0 Å². The molecule has 0 saturated heterocycles. The molecule has 1 amide bonds. The number of aromatic nitrogens is 2. The number of hydrogen-bond donors (Lipinski definition) is 0. The molecule has 19 heavy (non-hydrogen) atoms. The van der Waals surface area contributed by atoms with Gasteiger partial charge in [-0.15, -0.1) is 0 Å². The Morgan fingerprint density at radius 3 is 2.89 bits per heavy atom. The third-order valence-electron chi connectivity index (χ3n) is 4.54. The van der Waals surface area contributed by atoms with Crippen molar-refractivity contribution in [2.24, 2.45) is 0 Å². The van der Waals surface area contributed by atoms with Gasteiger partial charge in [0, 0.05) is 37.2 Å². The Bertz CT molecular complexity index is 460. The average molecular weight is 261 g/mol. The van der Waals surface area contributed by atoms with E-state index in [9.17, 15) is 4.79 Å². The summed E-state index contributed by atoms with van der Waals surface area (Å²) in [4.78, 5) is 13.8. The lowest BCUT2D eigenvalue weighted by Crippen LogP contribution is -2.36. The van der Waals surface area contributed by atoms with E-state index in [1.165, 1.54) is 43.4 Å². The predicted octanol–water partition coefficient (Wildman–Crippen LogP) is 2.68. The number of hydrogen-bond acceptors (Lipinski definition) is 2. The van der Waals surface area contributed by atoms with Gasteiger partial charge in [-0.25, -0.2) is 0 Å². The second-order valence-corrected chi connectivity index (χ2v) is 5.77. The Balaban J connectivity index is 1.77. The summed E-state index contributed by atoms with van der Waals surface area (Å²) in [6.07, 6.45) is 10.1. The highest BCUT2D eigenvalue weighted by atomic mass is 16.2. The summed E-state index contributed by atoms with van der Waals surface area (Å²) >= 11 is 0. The number of nitrogens with zero attached hydrogens (tertiary/aromatic N) is 3. The second kappa shape index (κ2) is 5.35. The average Bonchev–Trinajstić information content (AvgIpc) is 2.90. The minimum atomic E-state index is 0.260. The summed E-state index contributed by atoms with van der Waals surface area (Å²) in [5, 5.41) is 4.62. The molecule has 0 aromatic carbocycles. The summed E-state index contributed by atoms with van der Waals surface area (Å²) in [7, 11) is 0. The van der Waals surface area contributed by atoms with E-state index in [1.54, 1.807) is 0 Å². The summed E-state index contributed by atoms with van der Waals surface area (Å²) in [6.45, 7) is 3.55. The van der Waals surface area contributed by atoms with Crippen LogP contribution >= 0.6 is 0 Å². The van der Waals surface area contributed by atoms with Crippen LogP contribution in [-0.2, 0) is 17.8 Å². The lowest BCUT2D eigenvalue weighted by Gasteiger charge is -2.29. The normalized spacial score (nSPS) is 20.4. The van der Waals surface area contributed by atoms with Crippen molar-refractivity contribution in [3.8, 4) is 0 Å². The van der Waals surface area contributed by atoms with Crippen molar-refractivity contribution in [1.29, 1.82) is 0 Å². The van der Waals surface area contributed by atoms with E-state index in [0.717, 1.165) is 19.5 Å². The van der Waals surface area contributed by atoms with Crippen LogP contribution in [0.2, 0.25) is 0 Å². The number of amides is 1. The van der Waals surface area contributed by atoms with Crippen LogP contribution in [0.3, 0.4) is 0 Å². The summed E-state index contributed by atoms with van der Waals surface area (Å²) in [5.41, 5.74) is 2.64. The van der Waals surface area contributed by atoms with Crippen molar-refractivity contribution < 1.29 is 4.79 Å². The fourth-order valence-corrected chi connectivity index (χ4v) is 3.43. The molecule has 3 rings (SSSR count). The third kappa shape index (κ3) is 2.40. The van der Waals surface area contributed by atoms with Crippen LogP contribution in [0, 0.1) is 0 Å². The Hall–Kier alpha value is -1.32. The number of rotatable bonds is 2. The predicted molar refractivity (Wildman–Crippen MR) is 73.8 cm³/mol. The van der Waals surface area contributed by atoms with Crippen molar-refractivity contribution in [3.05, 3.63) is 17.5 Å². The third-order valence-corrected chi connectivity index (χ3v) is 4.54. The van der Waals surface area contributed by atoms with Gasteiger partial charge in [0.05, 0.1) is 12.2 Å². The molecule has 4 nitrogen and oxygen atoms in total. The smallest absolute Gasteiger partial charge is 0.222 e. The molecule has 2 aliphatic rings. The SMILES string of the molecule is CCC(=O)N1CCc2c(cnn2C2CCCCC2)C1. The van der Waals surface area contributed by atoms with Crippen molar-refractivity contribution in [2.45, 2.75) is 64.5 Å². The molecule has 0 spiro atoms. The Morgan fingerprint density at radius 2 is 2.16 bits per heavy atom. The van der Waals surface area contributed by atoms with Crippen LogP contribution < -0.4 is 0 Å². The van der Waals surface area contributed by atoms with Gasteiger partial charge < -0.3 is 4.90 Å². The Morgan fingerprint density at radius 1 is 1.37 bits per heavy atom. The molecular formula is C15H23N3O. The minimum absolute atomic E-state index is 0.260. The maximum atomic E-state index is 11.8. The summed E-state index contributed by atoms with van der Waals surface area (Å²) in [6, 6.07) is 0.603. The largest absolute Gasteiger partial charge is 0.338 e. The molecule has 4 heteroatoms. The zero-order valence-corrected chi connectivity index (χ0v) is 11.8. The first-order valence-electron chi connectivity index (χ1n) is 7.62. The van der Waals surface area contributed by atoms with Gasteiger partial charge in [-0.2, -0.15) is 5.10 Å². The topological polar surface area (TPSA) is 38.1 Å². The summed E-state index contributed by atoms with van der Waals surface area (Å²) in [5.74, 6) is 0.260. The molecule has 1 aliphatic heterocycles.